The normalized spacial score (nSPS) is 12.0. The molecule has 0 radical (unpaired) electrons. The molecule has 1 atom stereocenters. The van der Waals surface area contributed by atoms with E-state index in [1.807, 2.05) is 19.1 Å². The van der Waals surface area contributed by atoms with Crippen LogP contribution in [0.3, 0.4) is 0 Å². The highest BCUT2D eigenvalue weighted by atomic mass is 16.5. The lowest BCUT2D eigenvalue weighted by atomic mass is 10.1. The Morgan fingerprint density at radius 3 is 2.14 bits per heavy atom. The molecule has 0 saturated carbocycles. The van der Waals surface area contributed by atoms with Crippen LogP contribution in [0.1, 0.15) is 91.4 Å². The standard InChI is InChI=1S/C24H40O4/c1-6-8-10-12-14-18-27-24(26)21(5)19-23(25)28-22(17-16-20(3)4)15-13-11-9-7-2/h16-17,22H,3,5-15,18-19H2,1-2,4H3/b17-16+. The molecule has 0 bridgehead atoms. The zero-order valence-corrected chi connectivity index (χ0v) is 18.3. The lowest BCUT2D eigenvalue weighted by molar-refractivity contribution is -0.149. The predicted octanol–water partition coefficient (Wildman–Crippen LogP) is 6.46. The average Bonchev–Trinajstić information content (AvgIpc) is 2.65. The van der Waals surface area contributed by atoms with E-state index in [0.29, 0.717) is 6.61 Å². The molecule has 0 heterocycles. The van der Waals surface area contributed by atoms with E-state index in [9.17, 15) is 9.59 Å². The minimum atomic E-state index is -0.510. The number of rotatable bonds is 17. The van der Waals surface area contributed by atoms with Crippen molar-refractivity contribution in [1.29, 1.82) is 0 Å². The highest BCUT2D eigenvalue weighted by Crippen LogP contribution is 2.13. The van der Waals surface area contributed by atoms with E-state index in [1.165, 1.54) is 19.3 Å². The molecule has 160 valence electrons. The summed E-state index contributed by atoms with van der Waals surface area (Å²) in [5.74, 6) is -0.957. The first kappa shape index (κ1) is 26.2. The van der Waals surface area contributed by atoms with Crippen LogP contribution in [0.5, 0.6) is 0 Å². The molecule has 0 N–H and O–H groups in total. The fraction of sp³-hybridized carbons (Fsp3) is 0.667. The Bertz CT molecular complexity index is 505. The predicted molar refractivity (Wildman–Crippen MR) is 116 cm³/mol. The van der Waals surface area contributed by atoms with Gasteiger partial charge in [0, 0.05) is 5.57 Å². The molecule has 0 aromatic carbocycles. The summed E-state index contributed by atoms with van der Waals surface area (Å²) in [7, 11) is 0. The van der Waals surface area contributed by atoms with Crippen LogP contribution in [0.2, 0.25) is 0 Å². The van der Waals surface area contributed by atoms with Crippen molar-refractivity contribution in [2.45, 2.75) is 97.5 Å². The summed E-state index contributed by atoms with van der Waals surface area (Å²) in [4.78, 5) is 24.2. The van der Waals surface area contributed by atoms with Crippen LogP contribution in [-0.4, -0.2) is 24.6 Å². The average molecular weight is 393 g/mol. The van der Waals surface area contributed by atoms with Gasteiger partial charge >= 0.3 is 11.9 Å². The molecular weight excluding hydrogens is 352 g/mol. The Kier molecular flexibility index (Phi) is 16.1. The molecule has 0 spiro atoms. The van der Waals surface area contributed by atoms with Gasteiger partial charge < -0.3 is 9.47 Å². The molecule has 28 heavy (non-hydrogen) atoms. The number of esters is 2. The molecule has 0 fully saturated rings. The third kappa shape index (κ3) is 15.2. The summed E-state index contributed by atoms with van der Waals surface area (Å²) in [5, 5.41) is 0. The fourth-order valence-corrected chi connectivity index (χ4v) is 2.67. The van der Waals surface area contributed by atoms with Crippen molar-refractivity contribution in [1.82, 2.24) is 0 Å². The van der Waals surface area contributed by atoms with Crippen LogP contribution in [0.4, 0.5) is 0 Å². The minimum Gasteiger partial charge on any atom is -0.462 e. The zero-order chi connectivity index (χ0) is 21.2. The minimum absolute atomic E-state index is 0.138. The molecular formula is C24H40O4. The highest BCUT2D eigenvalue weighted by Gasteiger charge is 2.17. The zero-order valence-electron chi connectivity index (χ0n) is 18.3. The lowest BCUT2D eigenvalue weighted by Gasteiger charge is -2.15. The second kappa shape index (κ2) is 17.3. The molecule has 4 heteroatoms. The van der Waals surface area contributed by atoms with Crippen LogP contribution in [-0.2, 0) is 19.1 Å². The molecule has 4 nitrogen and oxygen atoms in total. The van der Waals surface area contributed by atoms with E-state index in [-0.39, 0.29) is 18.1 Å². The van der Waals surface area contributed by atoms with Crippen molar-refractivity contribution in [3.05, 3.63) is 36.5 Å². The van der Waals surface area contributed by atoms with Crippen molar-refractivity contribution in [3.8, 4) is 0 Å². The molecule has 0 rings (SSSR count). The number of unbranched alkanes of at least 4 members (excludes halogenated alkanes) is 7. The summed E-state index contributed by atoms with van der Waals surface area (Å²) in [6.07, 6.45) is 13.9. The van der Waals surface area contributed by atoms with Crippen molar-refractivity contribution >= 4 is 11.9 Å². The first-order chi connectivity index (χ1) is 13.4. The van der Waals surface area contributed by atoms with Crippen LogP contribution >= 0.6 is 0 Å². The van der Waals surface area contributed by atoms with Crippen LogP contribution in [0, 0.1) is 0 Å². The Morgan fingerprint density at radius 2 is 1.54 bits per heavy atom. The van der Waals surface area contributed by atoms with Gasteiger partial charge in [-0.25, -0.2) is 4.79 Å². The second-order valence-electron chi connectivity index (χ2n) is 7.41. The van der Waals surface area contributed by atoms with Gasteiger partial charge in [-0.05, 0) is 32.3 Å². The summed E-state index contributed by atoms with van der Waals surface area (Å²) in [6.45, 7) is 14.1. The fourth-order valence-electron chi connectivity index (χ4n) is 2.67. The molecule has 0 aromatic rings. The van der Waals surface area contributed by atoms with Gasteiger partial charge in [-0.1, -0.05) is 83.6 Å². The van der Waals surface area contributed by atoms with Gasteiger partial charge in [0.25, 0.3) is 0 Å². The Labute approximate surface area is 172 Å². The van der Waals surface area contributed by atoms with Gasteiger partial charge in [-0.15, -0.1) is 0 Å². The van der Waals surface area contributed by atoms with Crippen molar-refractivity contribution in [2.75, 3.05) is 6.61 Å². The molecule has 0 aliphatic carbocycles. The molecule has 0 amide bonds. The molecule has 0 aliphatic rings. The van der Waals surface area contributed by atoms with Gasteiger partial charge in [0.1, 0.15) is 6.10 Å². The third-order valence-corrected chi connectivity index (χ3v) is 4.35. The van der Waals surface area contributed by atoms with Gasteiger partial charge in [-0.2, -0.15) is 0 Å². The largest absolute Gasteiger partial charge is 0.462 e. The second-order valence-corrected chi connectivity index (χ2v) is 7.41. The van der Waals surface area contributed by atoms with Gasteiger partial charge in [0.15, 0.2) is 0 Å². The lowest BCUT2D eigenvalue weighted by Crippen LogP contribution is -2.19. The van der Waals surface area contributed by atoms with E-state index in [1.54, 1.807) is 0 Å². The summed E-state index contributed by atoms with van der Waals surface area (Å²) in [5.41, 5.74) is 1.05. The maximum Gasteiger partial charge on any atom is 0.333 e. The topological polar surface area (TPSA) is 52.6 Å². The van der Waals surface area contributed by atoms with Crippen LogP contribution in [0.15, 0.2) is 36.5 Å². The first-order valence-electron chi connectivity index (χ1n) is 10.8. The summed E-state index contributed by atoms with van der Waals surface area (Å²) in [6, 6.07) is 0. The van der Waals surface area contributed by atoms with Gasteiger partial charge in [-0.3, -0.25) is 4.79 Å². The monoisotopic (exact) mass is 392 g/mol. The van der Waals surface area contributed by atoms with E-state index in [2.05, 4.69) is 27.0 Å². The van der Waals surface area contributed by atoms with E-state index in [4.69, 9.17) is 9.47 Å². The number of hydrogen-bond donors (Lipinski definition) is 0. The molecule has 1 unspecified atom stereocenters. The van der Waals surface area contributed by atoms with Crippen LogP contribution < -0.4 is 0 Å². The van der Waals surface area contributed by atoms with E-state index < -0.39 is 11.9 Å². The quantitative estimate of drug-likeness (QED) is 0.123. The smallest absolute Gasteiger partial charge is 0.333 e. The first-order valence-corrected chi connectivity index (χ1v) is 10.8. The van der Waals surface area contributed by atoms with Gasteiger partial charge in [0.05, 0.1) is 13.0 Å². The third-order valence-electron chi connectivity index (χ3n) is 4.35. The number of carbonyl (C=O) groups excluding carboxylic acids is 2. The molecule has 0 aromatic heterocycles. The maximum atomic E-state index is 12.2. The van der Waals surface area contributed by atoms with E-state index >= 15 is 0 Å². The molecule has 0 saturated heterocycles. The number of allylic oxidation sites excluding steroid dienone is 2. The number of hydrogen-bond acceptors (Lipinski definition) is 4. The maximum absolute atomic E-state index is 12.2. The Morgan fingerprint density at radius 1 is 0.929 bits per heavy atom. The van der Waals surface area contributed by atoms with Crippen molar-refractivity contribution in [2.24, 2.45) is 0 Å². The van der Waals surface area contributed by atoms with E-state index in [0.717, 1.165) is 50.5 Å². The SMILES string of the molecule is C=C(C)/C=C/C(CCCCCC)OC(=O)CC(=C)C(=O)OCCCCCCC. The van der Waals surface area contributed by atoms with Crippen LogP contribution in [0.25, 0.3) is 0 Å². The van der Waals surface area contributed by atoms with Crippen molar-refractivity contribution < 1.29 is 19.1 Å². The van der Waals surface area contributed by atoms with Gasteiger partial charge in [0.2, 0.25) is 0 Å². The van der Waals surface area contributed by atoms with Crippen molar-refractivity contribution in [3.63, 3.8) is 0 Å². The Balaban J connectivity index is 4.31. The summed E-state index contributed by atoms with van der Waals surface area (Å²) < 4.78 is 10.7. The highest BCUT2D eigenvalue weighted by molar-refractivity contribution is 5.93. The number of carbonyl (C=O) groups is 2. The Hall–Kier alpha value is -1.84. The number of ether oxygens (including phenoxy) is 2. The molecule has 0 aliphatic heterocycles. The summed E-state index contributed by atoms with van der Waals surface area (Å²) >= 11 is 0.